The summed E-state index contributed by atoms with van der Waals surface area (Å²) >= 11 is 0. The van der Waals surface area contributed by atoms with Gasteiger partial charge in [0.1, 0.15) is 13.8 Å². The van der Waals surface area contributed by atoms with Gasteiger partial charge in [0.05, 0.1) is 15.2 Å². The molecular weight excluding hydrogens is 372 g/mol. The zero-order valence-corrected chi connectivity index (χ0v) is 22.2. The Bertz CT molecular complexity index is 790. The van der Waals surface area contributed by atoms with Gasteiger partial charge in [-0.25, -0.2) is 0 Å². The fraction of sp³-hybridized carbons (Fsp3) is 0.600. The second kappa shape index (κ2) is 7.99. The van der Waals surface area contributed by atoms with Gasteiger partial charge in [0.15, 0.2) is 0 Å². The van der Waals surface area contributed by atoms with E-state index in [1.165, 1.54) is 28.1 Å². The van der Waals surface area contributed by atoms with Crippen LogP contribution in [-0.4, -0.2) is 23.3 Å². The SMILES string of the molecule is COc1c([Si](C)(C)C2=C(CC(C)C)C=CC2)cc(C)cc1[Si](C)(C)C(C)(C)C. The molecule has 0 saturated carbocycles. The number of benzene rings is 1. The Morgan fingerprint density at radius 1 is 1.04 bits per heavy atom. The van der Waals surface area contributed by atoms with Crippen molar-refractivity contribution in [2.45, 2.75) is 85.6 Å². The van der Waals surface area contributed by atoms with Crippen molar-refractivity contribution >= 4 is 26.5 Å². The highest BCUT2D eigenvalue weighted by Crippen LogP contribution is 2.39. The lowest BCUT2D eigenvalue weighted by atomic mass is 10.0. The van der Waals surface area contributed by atoms with E-state index in [2.05, 4.69) is 92.0 Å². The molecule has 1 nitrogen and oxygen atoms in total. The quantitative estimate of drug-likeness (QED) is 0.484. The van der Waals surface area contributed by atoms with Crippen LogP contribution in [0.4, 0.5) is 0 Å². The number of hydrogen-bond donors (Lipinski definition) is 0. The first-order chi connectivity index (χ1) is 12.7. The Labute approximate surface area is 176 Å². The molecule has 0 bridgehead atoms. The fourth-order valence-electron chi connectivity index (χ4n) is 4.33. The minimum absolute atomic E-state index is 0.286. The van der Waals surface area contributed by atoms with E-state index in [9.17, 15) is 0 Å². The molecule has 0 unspecified atom stereocenters. The number of hydrogen-bond acceptors (Lipinski definition) is 1. The summed E-state index contributed by atoms with van der Waals surface area (Å²) in [7, 11) is -1.65. The molecule has 0 amide bonds. The molecule has 28 heavy (non-hydrogen) atoms. The highest BCUT2D eigenvalue weighted by atomic mass is 28.3. The van der Waals surface area contributed by atoms with E-state index in [1.54, 1.807) is 10.8 Å². The Morgan fingerprint density at radius 3 is 2.11 bits per heavy atom. The van der Waals surface area contributed by atoms with E-state index in [4.69, 9.17) is 4.74 Å². The van der Waals surface area contributed by atoms with Gasteiger partial charge in [-0.15, -0.1) is 0 Å². The topological polar surface area (TPSA) is 9.23 Å². The molecule has 156 valence electrons. The van der Waals surface area contributed by atoms with E-state index in [1.807, 2.05) is 7.11 Å². The first-order valence-corrected chi connectivity index (χ1v) is 16.8. The summed E-state index contributed by atoms with van der Waals surface area (Å²) in [6.07, 6.45) is 7.07. The van der Waals surface area contributed by atoms with Gasteiger partial charge in [-0.1, -0.05) is 101 Å². The monoisotopic (exact) mass is 414 g/mol. The number of allylic oxidation sites excluding steroid dienone is 4. The van der Waals surface area contributed by atoms with E-state index < -0.39 is 16.1 Å². The van der Waals surface area contributed by atoms with Gasteiger partial charge in [-0.05, 0) is 41.1 Å². The standard InChI is InChI=1S/C25H42OSi2/c1-18(2)15-20-13-12-14-21(20)27(8,9)22-16-19(3)17-23(24(22)26-7)28(10,11)25(4,5)6/h12-13,16-18H,14-15H2,1-11H3. The molecule has 0 N–H and O–H groups in total. The second-order valence-electron chi connectivity index (χ2n) is 11.1. The van der Waals surface area contributed by atoms with Crippen molar-refractivity contribution in [3.05, 3.63) is 40.6 Å². The zero-order valence-electron chi connectivity index (χ0n) is 20.2. The number of aryl methyl sites for hydroxylation is 1. The summed E-state index contributed by atoms with van der Waals surface area (Å²) in [5.41, 5.74) is 2.97. The predicted octanol–water partition coefficient (Wildman–Crippen LogP) is 6.48. The molecule has 1 aromatic carbocycles. The number of methoxy groups -OCH3 is 1. The van der Waals surface area contributed by atoms with E-state index >= 15 is 0 Å². The molecule has 0 heterocycles. The third-order valence-corrected chi connectivity index (χ3v) is 16.3. The van der Waals surface area contributed by atoms with Crippen LogP contribution in [-0.2, 0) is 0 Å². The van der Waals surface area contributed by atoms with E-state index in [-0.39, 0.29) is 5.04 Å². The van der Waals surface area contributed by atoms with Gasteiger partial charge in [0.25, 0.3) is 0 Å². The molecular formula is C25H42OSi2. The summed E-state index contributed by atoms with van der Waals surface area (Å²) in [5, 5.41) is 4.98. The molecule has 0 atom stereocenters. The van der Waals surface area contributed by atoms with Crippen molar-refractivity contribution in [2.75, 3.05) is 7.11 Å². The molecule has 2 rings (SSSR count). The van der Waals surface area contributed by atoms with Crippen LogP contribution < -0.4 is 15.1 Å². The lowest BCUT2D eigenvalue weighted by molar-refractivity contribution is 0.420. The smallest absolute Gasteiger partial charge is 0.117 e. The molecule has 0 aliphatic heterocycles. The number of rotatable bonds is 6. The van der Waals surface area contributed by atoms with Crippen molar-refractivity contribution in [1.82, 2.24) is 0 Å². The first kappa shape index (κ1) is 23.2. The average Bonchev–Trinajstić information content (AvgIpc) is 3.01. The molecule has 0 aromatic heterocycles. The maximum absolute atomic E-state index is 6.20. The molecule has 0 saturated heterocycles. The Balaban J connectivity index is 2.72. The Hall–Kier alpha value is -1.07. The van der Waals surface area contributed by atoms with Gasteiger partial charge in [0.2, 0.25) is 0 Å². The minimum Gasteiger partial charge on any atom is -0.497 e. The van der Waals surface area contributed by atoms with Crippen LogP contribution >= 0.6 is 0 Å². The van der Waals surface area contributed by atoms with E-state index in [0.717, 1.165) is 6.42 Å². The third kappa shape index (κ3) is 4.26. The average molecular weight is 415 g/mol. The lowest BCUT2D eigenvalue weighted by Crippen LogP contribution is -2.54. The van der Waals surface area contributed by atoms with Crippen LogP contribution in [0.5, 0.6) is 5.75 Å². The molecule has 3 heteroatoms. The Morgan fingerprint density at radius 2 is 1.61 bits per heavy atom. The molecule has 1 aromatic rings. The maximum Gasteiger partial charge on any atom is 0.117 e. The van der Waals surface area contributed by atoms with Crippen molar-refractivity contribution < 1.29 is 4.74 Å². The molecule has 0 spiro atoms. The molecule has 0 radical (unpaired) electrons. The van der Waals surface area contributed by atoms with Crippen LogP contribution in [0, 0.1) is 12.8 Å². The van der Waals surface area contributed by atoms with Crippen LogP contribution in [0.25, 0.3) is 0 Å². The van der Waals surface area contributed by atoms with E-state index in [0.29, 0.717) is 5.92 Å². The lowest BCUT2D eigenvalue weighted by Gasteiger charge is -2.40. The predicted molar refractivity (Wildman–Crippen MR) is 132 cm³/mol. The van der Waals surface area contributed by atoms with Crippen LogP contribution in [0.3, 0.4) is 0 Å². The van der Waals surface area contributed by atoms with Crippen molar-refractivity contribution in [2.24, 2.45) is 5.92 Å². The summed E-state index contributed by atoms with van der Waals surface area (Å²) in [6, 6.07) is 4.85. The van der Waals surface area contributed by atoms with Gasteiger partial charge in [-0.3, -0.25) is 0 Å². The summed E-state index contributed by atoms with van der Waals surface area (Å²) < 4.78 is 6.20. The maximum atomic E-state index is 6.20. The largest absolute Gasteiger partial charge is 0.497 e. The molecule has 1 aliphatic rings. The van der Waals surface area contributed by atoms with Gasteiger partial charge >= 0.3 is 0 Å². The van der Waals surface area contributed by atoms with Crippen molar-refractivity contribution in [1.29, 1.82) is 0 Å². The van der Waals surface area contributed by atoms with Gasteiger partial charge < -0.3 is 4.74 Å². The summed E-state index contributed by atoms with van der Waals surface area (Å²) in [4.78, 5) is 0. The zero-order chi connectivity index (χ0) is 21.5. The van der Waals surface area contributed by atoms with Crippen LogP contribution in [0.15, 0.2) is 35.1 Å². The summed E-state index contributed by atoms with van der Waals surface area (Å²) in [6.45, 7) is 24.2. The summed E-state index contributed by atoms with van der Waals surface area (Å²) in [5.74, 6) is 1.89. The fourth-order valence-corrected chi connectivity index (χ4v) is 9.99. The van der Waals surface area contributed by atoms with Gasteiger partial charge in [0, 0.05) is 0 Å². The van der Waals surface area contributed by atoms with Crippen LogP contribution in [0.2, 0.25) is 31.2 Å². The molecule has 0 fully saturated rings. The minimum atomic E-state index is -1.83. The first-order valence-electron chi connectivity index (χ1n) is 10.8. The molecule has 1 aliphatic carbocycles. The van der Waals surface area contributed by atoms with Crippen LogP contribution in [0.1, 0.15) is 53.0 Å². The van der Waals surface area contributed by atoms with Crippen molar-refractivity contribution in [3.63, 3.8) is 0 Å². The number of ether oxygens (including phenoxy) is 1. The Kier molecular flexibility index (Phi) is 6.62. The normalized spacial score (nSPS) is 15.7. The second-order valence-corrected chi connectivity index (χ2v) is 20.8. The van der Waals surface area contributed by atoms with Gasteiger partial charge in [-0.2, -0.15) is 0 Å². The highest BCUT2D eigenvalue weighted by Gasteiger charge is 2.42. The third-order valence-electron chi connectivity index (χ3n) is 7.07. The highest BCUT2D eigenvalue weighted by molar-refractivity contribution is 6.98. The van der Waals surface area contributed by atoms with Crippen molar-refractivity contribution in [3.8, 4) is 5.75 Å².